The molecule has 0 bridgehead atoms. The first-order valence-corrected chi connectivity index (χ1v) is 11.8. The van der Waals surface area contributed by atoms with Crippen LogP contribution in [0.1, 0.15) is 12.5 Å². The Morgan fingerprint density at radius 2 is 1.70 bits per heavy atom. The Bertz CT molecular complexity index is 987. The summed E-state index contributed by atoms with van der Waals surface area (Å²) >= 11 is 0. The first-order chi connectivity index (χ1) is 14.2. The Balaban J connectivity index is 1.80. The zero-order valence-electron chi connectivity index (χ0n) is 17.9. The molecule has 0 unspecified atom stereocenters. The van der Waals surface area contributed by atoms with Gasteiger partial charge < -0.3 is 14.5 Å². The summed E-state index contributed by atoms with van der Waals surface area (Å²) < 4.78 is 31.9. The van der Waals surface area contributed by atoms with Gasteiger partial charge >= 0.3 is 0 Å². The number of hydrogen-bond donors (Lipinski definition) is 0. The lowest BCUT2D eigenvalue weighted by molar-refractivity contribution is -0.132. The van der Waals surface area contributed by atoms with Gasteiger partial charge in [-0.2, -0.15) is 0 Å². The highest BCUT2D eigenvalue weighted by molar-refractivity contribution is 7.92. The topological polar surface area (TPSA) is 70.2 Å². The quantitative estimate of drug-likeness (QED) is 0.703. The standard InChI is InChI=1S/C22H29N3O4S/c1-17-10-11-21(29-3)20(16-17)25(30(4,27)28)18(2)22(26)24-14-12-23(13-15-24)19-8-6-5-7-9-19/h5-11,16,18H,12-15H2,1-4H3/t18-/m1/s1. The molecule has 1 aliphatic rings. The summed E-state index contributed by atoms with van der Waals surface area (Å²) in [5, 5.41) is 0. The number of sulfonamides is 1. The SMILES string of the molecule is COc1ccc(C)cc1N([C@H](C)C(=O)N1CCN(c2ccccc2)CC1)S(C)(=O)=O. The second-order valence-corrected chi connectivity index (χ2v) is 9.42. The molecule has 162 valence electrons. The summed E-state index contributed by atoms with van der Waals surface area (Å²) in [5.74, 6) is 0.205. The molecule has 8 heteroatoms. The minimum atomic E-state index is -3.71. The van der Waals surface area contributed by atoms with Gasteiger partial charge in [-0.25, -0.2) is 8.42 Å². The van der Waals surface area contributed by atoms with Crippen molar-refractivity contribution in [3.05, 3.63) is 54.1 Å². The predicted octanol–water partition coefficient (Wildman–Crippen LogP) is 2.51. The van der Waals surface area contributed by atoms with Crippen LogP contribution in [-0.4, -0.2) is 64.8 Å². The molecule has 1 aliphatic heterocycles. The molecular weight excluding hydrogens is 402 g/mol. The summed E-state index contributed by atoms with van der Waals surface area (Å²) in [4.78, 5) is 17.2. The third-order valence-corrected chi connectivity index (χ3v) is 6.58. The number of piperazine rings is 1. The maximum Gasteiger partial charge on any atom is 0.246 e. The minimum Gasteiger partial charge on any atom is -0.495 e. The van der Waals surface area contributed by atoms with Crippen LogP contribution in [0.2, 0.25) is 0 Å². The molecule has 0 radical (unpaired) electrons. The van der Waals surface area contributed by atoms with E-state index in [0.29, 0.717) is 37.6 Å². The molecule has 1 heterocycles. The number of hydrogen-bond acceptors (Lipinski definition) is 5. The molecule has 0 spiro atoms. The van der Waals surface area contributed by atoms with Crippen LogP contribution in [0, 0.1) is 6.92 Å². The van der Waals surface area contributed by atoms with Gasteiger partial charge in [-0.05, 0) is 43.7 Å². The van der Waals surface area contributed by atoms with Crippen molar-refractivity contribution in [1.82, 2.24) is 4.90 Å². The van der Waals surface area contributed by atoms with Gasteiger partial charge in [0.2, 0.25) is 15.9 Å². The maximum atomic E-state index is 13.2. The Labute approximate surface area is 178 Å². The number of para-hydroxylation sites is 1. The highest BCUT2D eigenvalue weighted by Crippen LogP contribution is 2.33. The summed E-state index contributed by atoms with van der Waals surface area (Å²) in [5.41, 5.74) is 2.39. The summed E-state index contributed by atoms with van der Waals surface area (Å²) in [6.45, 7) is 6.00. The minimum absolute atomic E-state index is 0.211. The van der Waals surface area contributed by atoms with E-state index in [-0.39, 0.29) is 5.91 Å². The number of benzene rings is 2. The van der Waals surface area contributed by atoms with E-state index in [1.807, 2.05) is 31.2 Å². The number of anilines is 2. The number of aryl methyl sites for hydroxylation is 1. The Kier molecular flexibility index (Phi) is 6.55. The van der Waals surface area contributed by atoms with Crippen molar-refractivity contribution in [2.24, 2.45) is 0 Å². The number of ether oxygens (including phenoxy) is 1. The van der Waals surface area contributed by atoms with E-state index in [1.54, 1.807) is 24.0 Å². The molecule has 1 atom stereocenters. The first-order valence-electron chi connectivity index (χ1n) is 9.95. The van der Waals surface area contributed by atoms with Crippen LogP contribution < -0.4 is 13.9 Å². The number of carbonyl (C=O) groups is 1. The van der Waals surface area contributed by atoms with Crippen molar-refractivity contribution in [2.75, 3.05) is 48.7 Å². The number of methoxy groups -OCH3 is 1. The fraction of sp³-hybridized carbons (Fsp3) is 0.409. The zero-order valence-corrected chi connectivity index (χ0v) is 18.7. The van der Waals surface area contributed by atoms with Crippen molar-refractivity contribution in [1.29, 1.82) is 0 Å². The van der Waals surface area contributed by atoms with E-state index in [2.05, 4.69) is 17.0 Å². The van der Waals surface area contributed by atoms with Crippen molar-refractivity contribution < 1.29 is 17.9 Å². The van der Waals surface area contributed by atoms with Gasteiger partial charge in [-0.3, -0.25) is 9.10 Å². The maximum absolute atomic E-state index is 13.2. The molecule has 0 N–H and O–H groups in total. The van der Waals surface area contributed by atoms with Gasteiger partial charge in [0.05, 0.1) is 19.1 Å². The van der Waals surface area contributed by atoms with Crippen LogP contribution in [0.25, 0.3) is 0 Å². The van der Waals surface area contributed by atoms with E-state index in [9.17, 15) is 13.2 Å². The molecule has 1 amide bonds. The van der Waals surface area contributed by atoms with Gasteiger partial charge in [0.15, 0.2) is 0 Å². The largest absolute Gasteiger partial charge is 0.495 e. The molecule has 2 aromatic carbocycles. The molecule has 0 saturated carbocycles. The van der Waals surface area contributed by atoms with Gasteiger partial charge in [0, 0.05) is 31.9 Å². The molecule has 1 saturated heterocycles. The van der Waals surface area contributed by atoms with Crippen molar-refractivity contribution >= 4 is 27.3 Å². The second-order valence-electron chi connectivity index (χ2n) is 7.56. The van der Waals surface area contributed by atoms with Crippen LogP contribution >= 0.6 is 0 Å². The predicted molar refractivity (Wildman–Crippen MR) is 120 cm³/mol. The molecular formula is C22H29N3O4S. The lowest BCUT2D eigenvalue weighted by atomic mass is 10.1. The average molecular weight is 432 g/mol. The zero-order chi connectivity index (χ0) is 21.9. The molecule has 3 rings (SSSR count). The lowest BCUT2D eigenvalue weighted by Gasteiger charge is -2.39. The van der Waals surface area contributed by atoms with Gasteiger partial charge in [0.1, 0.15) is 11.8 Å². The normalized spacial score (nSPS) is 15.6. The van der Waals surface area contributed by atoms with Crippen LogP contribution in [0.4, 0.5) is 11.4 Å². The van der Waals surface area contributed by atoms with E-state index in [0.717, 1.165) is 17.5 Å². The Hall–Kier alpha value is -2.74. The van der Waals surface area contributed by atoms with Crippen molar-refractivity contribution in [3.8, 4) is 5.75 Å². The van der Waals surface area contributed by atoms with Gasteiger partial charge in [0.25, 0.3) is 0 Å². The highest BCUT2D eigenvalue weighted by Gasteiger charge is 2.34. The first kappa shape index (κ1) is 22.0. The van der Waals surface area contributed by atoms with Crippen molar-refractivity contribution in [3.63, 3.8) is 0 Å². The van der Waals surface area contributed by atoms with Crippen LogP contribution in [0.15, 0.2) is 48.5 Å². The summed E-state index contributed by atoms with van der Waals surface area (Å²) in [6, 6.07) is 14.5. The summed E-state index contributed by atoms with van der Waals surface area (Å²) in [6.07, 6.45) is 1.12. The van der Waals surface area contributed by atoms with E-state index >= 15 is 0 Å². The fourth-order valence-corrected chi connectivity index (χ4v) is 5.00. The van der Waals surface area contributed by atoms with Crippen LogP contribution in [-0.2, 0) is 14.8 Å². The second kappa shape index (κ2) is 8.95. The smallest absolute Gasteiger partial charge is 0.246 e. The highest BCUT2D eigenvalue weighted by atomic mass is 32.2. The average Bonchev–Trinajstić information content (AvgIpc) is 2.73. The summed E-state index contributed by atoms with van der Waals surface area (Å²) in [7, 11) is -2.22. The van der Waals surface area contributed by atoms with E-state index in [4.69, 9.17) is 4.74 Å². The molecule has 0 aromatic heterocycles. The molecule has 7 nitrogen and oxygen atoms in total. The number of rotatable bonds is 6. The number of amides is 1. The third-order valence-electron chi connectivity index (χ3n) is 5.35. The molecule has 2 aromatic rings. The molecule has 30 heavy (non-hydrogen) atoms. The molecule has 1 fully saturated rings. The van der Waals surface area contributed by atoms with Crippen LogP contribution in [0.3, 0.4) is 0 Å². The van der Waals surface area contributed by atoms with E-state index < -0.39 is 16.1 Å². The fourth-order valence-electron chi connectivity index (χ4n) is 3.84. The molecule has 0 aliphatic carbocycles. The van der Waals surface area contributed by atoms with Crippen molar-refractivity contribution in [2.45, 2.75) is 19.9 Å². The van der Waals surface area contributed by atoms with E-state index in [1.165, 1.54) is 11.4 Å². The Morgan fingerprint density at radius 1 is 1.07 bits per heavy atom. The van der Waals surface area contributed by atoms with Gasteiger partial charge in [-0.1, -0.05) is 24.3 Å². The third kappa shape index (κ3) is 4.70. The van der Waals surface area contributed by atoms with Gasteiger partial charge in [-0.15, -0.1) is 0 Å². The Morgan fingerprint density at radius 3 is 2.27 bits per heavy atom. The monoisotopic (exact) mass is 431 g/mol. The lowest BCUT2D eigenvalue weighted by Crippen LogP contribution is -2.55. The number of nitrogens with zero attached hydrogens (tertiary/aromatic N) is 3. The van der Waals surface area contributed by atoms with Crippen LogP contribution in [0.5, 0.6) is 5.75 Å². The number of carbonyl (C=O) groups excluding carboxylic acids is 1.